The predicted octanol–water partition coefficient (Wildman–Crippen LogP) is 5.76. The minimum Gasteiger partial charge on any atom is -0.456 e. The highest BCUT2D eigenvalue weighted by Crippen LogP contribution is 2.38. The molecule has 2 rings (SSSR count). The monoisotopic (exact) mass is 345 g/mol. The third kappa shape index (κ3) is 3.65. The molecule has 2 aromatic carbocycles. The van der Waals surface area contributed by atoms with E-state index in [1.54, 1.807) is 6.07 Å². The Hall–Kier alpha value is -1.90. The third-order valence-electron chi connectivity index (χ3n) is 2.79. The fraction of sp³-hybridized carbons (Fsp3) is 0.133. The number of hydrogen-bond acceptors (Lipinski definition) is 2. The van der Waals surface area contributed by atoms with Crippen molar-refractivity contribution in [3.8, 4) is 17.6 Å². The highest BCUT2D eigenvalue weighted by molar-refractivity contribution is 6.31. The summed E-state index contributed by atoms with van der Waals surface area (Å²) in [5.41, 5.74) is -0.109. The van der Waals surface area contributed by atoms with Crippen molar-refractivity contribution in [3.63, 3.8) is 0 Å². The molecule has 2 nitrogen and oxygen atoms in total. The van der Waals surface area contributed by atoms with Gasteiger partial charge >= 0.3 is 6.18 Å². The number of benzene rings is 2. The van der Waals surface area contributed by atoms with Crippen LogP contribution in [-0.2, 0) is 12.1 Å². The molecule has 2 aromatic rings. The van der Waals surface area contributed by atoms with Gasteiger partial charge in [0.05, 0.1) is 16.1 Å². The lowest BCUT2D eigenvalue weighted by Gasteiger charge is -2.12. The van der Waals surface area contributed by atoms with Crippen molar-refractivity contribution in [2.24, 2.45) is 0 Å². The molecule has 7 heteroatoms. The lowest BCUT2D eigenvalue weighted by Crippen LogP contribution is -2.06. The van der Waals surface area contributed by atoms with Gasteiger partial charge in [-0.3, -0.25) is 0 Å². The van der Waals surface area contributed by atoms with E-state index < -0.39 is 16.8 Å². The lowest BCUT2D eigenvalue weighted by atomic mass is 10.1. The quantitative estimate of drug-likeness (QED) is 0.662. The van der Waals surface area contributed by atoms with Crippen molar-refractivity contribution >= 4 is 23.2 Å². The van der Waals surface area contributed by atoms with Crippen molar-refractivity contribution < 1.29 is 17.9 Å². The molecule has 0 atom stereocenters. The highest BCUT2D eigenvalue weighted by atomic mass is 35.5. The van der Waals surface area contributed by atoms with Crippen molar-refractivity contribution in [3.05, 3.63) is 58.1 Å². The Morgan fingerprint density at radius 1 is 1.14 bits per heavy atom. The van der Waals surface area contributed by atoms with Crippen LogP contribution in [0.2, 0.25) is 5.02 Å². The maximum Gasteiger partial charge on any atom is 0.417 e. The predicted molar refractivity (Wildman–Crippen MR) is 77.2 cm³/mol. The van der Waals surface area contributed by atoms with Gasteiger partial charge in [-0.2, -0.15) is 18.4 Å². The molecule has 0 heterocycles. The maximum absolute atomic E-state index is 12.8. The molecule has 0 aromatic heterocycles. The van der Waals surface area contributed by atoms with E-state index in [0.29, 0.717) is 5.56 Å². The van der Waals surface area contributed by atoms with Gasteiger partial charge in [0.2, 0.25) is 0 Å². The molecular formula is C15H8Cl2F3NO. The van der Waals surface area contributed by atoms with Crippen LogP contribution in [-0.4, -0.2) is 0 Å². The Bertz CT molecular complexity index is 739. The molecule has 0 unspecified atom stereocenters. The van der Waals surface area contributed by atoms with Crippen LogP contribution >= 0.6 is 23.2 Å². The Labute approximate surface area is 134 Å². The number of nitriles is 1. The molecule has 0 amide bonds. The second-order valence-corrected chi connectivity index (χ2v) is 4.99. The molecule has 0 bridgehead atoms. The van der Waals surface area contributed by atoms with Crippen LogP contribution in [0.4, 0.5) is 13.2 Å². The molecule has 0 radical (unpaired) electrons. The average Bonchev–Trinajstić information content (AvgIpc) is 2.48. The SMILES string of the molecule is N#Cc1cc(CCl)ccc1Oc1ccc(Cl)c(C(F)(F)F)c1. The van der Waals surface area contributed by atoms with E-state index in [2.05, 4.69) is 0 Å². The Morgan fingerprint density at radius 2 is 1.86 bits per heavy atom. The Morgan fingerprint density at radius 3 is 2.45 bits per heavy atom. The van der Waals surface area contributed by atoms with Crippen LogP contribution in [0.5, 0.6) is 11.5 Å². The Balaban J connectivity index is 2.38. The van der Waals surface area contributed by atoms with E-state index in [1.165, 1.54) is 18.2 Å². The lowest BCUT2D eigenvalue weighted by molar-refractivity contribution is -0.137. The van der Waals surface area contributed by atoms with Gasteiger partial charge in [-0.05, 0) is 35.9 Å². The molecule has 0 spiro atoms. The summed E-state index contributed by atoms with van der Waals surface area (Å²) >= 11 is 11.2. The fourth-order valence-electron chi connectivity index (χ4n) is 1.75. The largest absolute Gasteiger partial charge is 0.456 e. The van der Waals surface area contributed by atoms with Gasteiger partial charge < -0.3 is 4.74 Å². The number of halogens is 5. The smallest absolute Gasteiger partial charge is 0.417 e. The van der Waals surface area contributed by atoms with Gasteiger partial charge in [-0.25, -0.2) is 0 Å². The number of ether oxygens (including phenoxy) is 1. The van der Waals surface area contributed by atoms with Crippen molar-refractivity contribution in [2.75, 3.05) is 0 Å². The topological polar surface area (TPSA) is 33.0 Å². The normalized spacial score (nSPS) is 11.1. The van der Waals surface area contributed by atoms with E-state index >= 15 is 0 Å². The van der Waals surface area contributed by atoms with Crippen LogP contribution < -0.4 is 4.74 Å². The van der Waals surface area contributed by atoms with Gasteiger partial charge in [0.1, 0.15) is 17.6 Å². The first-order valence-electron chi connectivity index (χ1n) is 5.98. The van der Waals surface area contributed by atoms with Gasteiger partial charge in [-0.15, -0.1) is 11.6 Å². The summed E-state index contributed by atoms with van der Waals surface area (Å²) in [6.07, 6.45) is -4.59. The molecule has 114 valence electrons. The molecular weight excluding hydrogens is 338 g/mol. The first-order chi connectivity index (χ1) is 10.3. The first kappa shape index (κ1) is 16.5. The summed E-state index contributed by atoms with van der Waals surface area (Å²) in [6, 6.07) is 9.73. The van der Waals surface area contributed by atoms with Gasteiger partial charge in [0.15, 0.2) is 0 Å². The molecule has 0 saturated carbocycles. The minimum absolute atomic E-state index is 0.0631. The van der Waals surface area contributed by atoms with Crippen LogP contribution in [0.15, 0.2) is 36.4 Å². The molecule has 0 aliphatic heterocycles. The zero-order chi connectivity index (χ0) is 16.3. The number of hydrogen-bond donors (Lipinski definition) is 0. The second kappa shape index (κ2) is 6.47. The molecule has 22 heavy (non-hydrogen) atoms. The maximum atomic E-state index is 12.8. The minimum atomic E-state index is -4.59. The van der Waals surface area contributed by atoms with E-state index in [9.17, 15) is 13.2 Å². The van der Waals surface area contributed by atoms with Gasteiger partial charge in [-0.1, -0.05) is 17.7 Å². The zero-order valence-corrected chi connectivity index (χ0v) is 12.4. The number of alkyl halides is 4. The van der Waals surface area contributed by atoms with E-state index in [4.69, 9.17) is 33.2 Å². The van der Waals surface area contributed by atoms with Crippen molar-refractivity contribution in [1.29, 1.82) is 5.26 Å². The highest BCUT2D eigenvalue weighted by Gasteiger charge is 2.33. The molecule has 0 fully saturated rings. The Kier molecular flexibility index (Phi) is 4.84. The van der Waals surface area contributed by atoms with Crippen LogP contribution in [0, 0.1) is 11.3 Å². The van der Waals surface area contributed by atoms with Crippen LogP contribution in [0.1, 0.15) is 16.7 Å². The molecule has 0 aliphatic carbocycles. The standard InChI is InChI=1S/C15H8Cl2F3NO/c16-7-9-1-4-14(10(5-9)8-21)22-11-2-3-13(17)12(6-11)15(18,19)20/h1-6H,7H2. The van der Waals surface area contributed by atoms with Gasteiger partial charge in [0, 0.05) is 5.88 Å². The molecule has 0 N–H and O–H groups in total. The summed E-state index contributed by atoms with van der Waals surface area (Å²) in [7, 11) is 0. The zero-order valence-electron chi connectivity index (χ0n) is 10.9. The van der Waals surface area contributed by atoms with Gasteiger partial charge in [0.25, 0.3) is 0 Å². The first-order valence-corrected chi connectivity index (χ1v) is 6.90. The summed E-state index contributed by atoms with van der Waals surface area (Å²) in [6.45, 7) is 0. The number of nitrogens with zero attached hydrogens (tertiary/aromatic N) is 1. The number of rotatable bonds is 3. The summed E-state index contributed by atoms with van der Waals surface area (Å²) < 4.78 is 43.8. The van der Waals surface area contributed by atoms with Crippen LogP contribution in [0.25, 0.3) is 0 Å². The van der Waals surface area contributed by atoms with E-state index in [-0.39, 0.29) is 22.9 Å². The van der Waals surface area contributed by atoms with Crippen molar-refractivity contribution in [1.82, 2.24) is 0 Å². The van der Waals surface area contributed by atoms with E-state index in [1.807, 2.05) is 6.07 Å². The molecule has 0 aliphatic rings. The van der Waals surface area contributed by atoms with Crippen molar-refractivity contribution in [2.45, 2.75) is 12.1 Å². The van der Waals surface area contributed by atoms with E-state index in [0.717, 1.165) is 12.1 Å². The summed E-state index contributed by atoms with van der Waals surface area (Å²) in [5, 5.41) is 8.65. The average molecular weight is 346 g/mol. The fourth-order valence-corrected chi connectivity index (χ4v) is 2.14. The van der Waals surface area contributed by atoms with Crippen LogP contribution in [0.3, 0.4) is 0 Å². The summed E-state index contributed by atoms with van der Waals surface area (Å²) in [5.74, 6) is 0.298. The second-order valence-electron chi connectivity index (χ2n) is 4.32. The third-order valence-corrected chi connectivity index (χ3v) is 3.43. The molecule has 0 saturated heterocycles. The summed E-state index contributed by atoms with van der Waals surface area (Å²) in [4.78, 5) is 0.